The van der Waals surface area contributed by atoms with Gasteiger partial charge in [-0.15, -0.1) is 11.3 Å². The topological polar surface area (TPSA) is 68.0 Å². The fraction of sp³-hybridized carbons (Fsp3) is 0.333. The number of amides is 1. The number of nitrogens with two attached hydrogens (primary N) is 1. The molecule has 1 heterocycles. The normalized spacial score (nSPS) is 10.4. The molecule has 0 aliphatic carbocycles. The summed E-state index contributed by atoms with van der Waals surface area (Å²) in [6.45, 7) is 2.84. The van der Waals surface area contributed by atoms with Crippen LogP contribution in [0.1, 0.15) is 25.5 Å². The van der Waals surface area contributed by atoms with Crippen molar-refractivity contribution in [2.45, 2.75) is 26.2 Å². The summed E-state index contributed by atoms with van der Waals surface area (Å²) in [5, 5.41) is 5.72. The van der Waals surface area contributed by atoms with E-state index in [1.165, 1.54) is 11.3 Å². The molecule has 2 aromatic rings. The van der Waals surface area contributed by atoms with Crippen LogP contribution in [0, 0.1) is 0 Å². The van der Waals surface area contributed by atoms with Gasteiger partial charge in [0, 0.05) is 23.2 Å². The highest BCUT2D eigenvalue weighted by molar-refractivity contribution is 7.13. The molecule has 20 heavy (non-hydrogen) atoms. The molecule has 1 aromatic carbocycles. The molecule has 3 N–H and O–H groups in total. The maximum Gasteiger partial charge on any atom is 0.226 e. The lowest BCUT2D eigenvalue weighted by Crippen LogP contribution is -2.26. The predicted molar refractivity (Wildman–Crippen MR) is 83.6 cm³/mol. The molecule has 0 aliphatic rings. The predicted octanol–water partition coefficient (Wildman–Crippen LogP) is 2.85. The highest BCUT2D eigenvalue weighted by Crippen LogP contribution is 2.25. The van der Waals surface area contributed by atoms with Crippen LogP contribution in [0.3, 0.4) is 0 Å². The van der Waals surface area contributed by atoms with Crippen molar-refractivity contribution in [3.05, 3.63) is 35.3 Å². The van der Waals surface area contributed by atoms with Crippen LogP contribution in [0.15, 0.2) is 29.6 Å². The van der Waals surface area contributed by atoms with Gasteiger partial charge in [-0.05, 0) is 18.6 Å². The molecule has 0 unspecified atom stereocenters. The van der Waals surface area contributed by atoms with Crippen molar-refractivity contribution >= 4 is 22.9 Å². The van der Waals surface area contributed by atoms with Gasteiger partial charge in [0.15, 0.2) is 0 Å². The lowest BCUT2D eigenvalue weighted by Gasteiger charge is -2.02. The van der Waals surface area contributed by atoms with Crippen molar-refractivity contribution in [3.63, 3.8) is 0 Å². The van der Waals surface area contributed by atoms with Gasteiger partial charge in [-0.3, -0.25) is 4.79 Å². The van der Waals surface area contributed by atoms with Crippen LogP contribution >= 0.6 is 11.3 Å². The molecule has 0 saturated heterocycles. The van der Waals surface area contributed by atoms with Gasteiger partial charge >= 0.3 is 0 Å². The smallest absolute Gasteiger partial charge is 0.226 e. The van der Waals surface area contributed by atoms with Crippen molar-refractivity contribution in [3.8, 4) is 10.6 Å². The summed E-state index contributed by atoms with van der Waals surface area (Å²) in [4.78, 5) is 16.2. The van der Waals surface area contributed by atoms with Crippen molar-refractivity contribution in [1.82, 2.24) is 10.3 Å². The molecule has 0 spiro atoms. The average Bonchev–Trinajstić information content (AvgIpc) is 2.87. The van der Waals surface area contributed by atoms with Crippen LogP contribution in [-0.2, 0) is 11.2 Å². The zero-order valence-electron chi connectivity index (χ0n) is 11.6. The molecule has 0 fully saturated rings. The number of anilines is 1. The third-order valence-corrected chi connectivity index (χ3v) is 3.82. The fourth-order valence-corrected chi connectivity index (χ4v) is 2.64. The number of carbonyl (C=O) groups excluding carboxylic acids is 1. The van der Waals surface area contributed by atoms with Gasteiger partial charge in [0.25, 0.3) is 0 Å². The first kappa shape index (κ1) is 14.5. The second kappa shape index (κ2) is 7.05. The maximum atomic E-state index is 11.7. The Morgan fingerprint density at radius 2 is 2.30 bits per heavy atom. The van der Waals surface area contributed by atoms with E-state index in [9.17, 15) is 4.79 Å². The zero-order valence-corrected chi connectivity index (χ0v) is 12.4. The Kier molecular flexibility index (Phi) is 5.12. The molecule has 0 saturated carbocycles. The number of unbranched alkanes of at least 4 members (excludes halogenated alkanes) is 1. The highest BCUT2D eigenvalue weighted by atomic mass is 32.1. The molecule has 1 amide bonds. The molecular formula is C15H19N3OS. The number of hydrogen-bond donors (Lipinski definition) is 2. The molecule has 2 rings (SSSR count). The Hall–Kier alpha value is -1.88. The van der Waals surface area contributed by atoms with Gasteiger partial charge in [0.2, 0.25) is 5.91 Å². The van der Waals surface area contributed by atoms with Gasteiger partial charge in [-0.1, -0.05) is 25.5 Å². The first-order valence-electron chi connectivity index (χ1n) is 6.76. The number of nitrogen functional groups attached to an aromatic ring is 1. The van der Waals surface area contributed by atoms with E-state index in [2.05, 4.69) is 17.2 Å². The van der Waals surface area contributed by atoms with Crippen molar-refractivity contribution < 1.29 is 4.79 Å². The van der Waals surface area contributed by atoms with E-state index in [4.69, 9.17) is 5.73 Å². The van der Waals surface area contributed by atoms with E-state index in [0.717, 1.165) is 41.3 Å². The largest absolute Gasteiger partial charge is 0.399 e. The van der Waals surface area contributed by atoms with E-state index in [-0.39, 0.29) is 5.91 Å². The summed E-state index contributed by atoms with van der Waals surface area (Å²) in [6.07, 6.45) is 2.43. The maximum absolute atomic E-state index is 11.7. The van der Waals surface area contributed by atoms with Gasteiger partial charge in [0.1, 0.15) is 5.01 Å². The summed E-state index contributed by atoms with van der Waals surface area (Å²) < 4.78 is 0. The molecule has 106 valence electrons. The summed E-state index contributed by atoms with van der Waals surface area (Å²) in [5.74, 6) is 0.0304. The Balaban J connectivity index is 1.97. The number of benzene rings is 1. The minimum atomic E-state index is 0.0304. The number of nitrogens with zero attached hydrogens (tertiary/aromatic N) is 1. The van der Waals surface area contributed by atoms with Crippen molar-refractivity contribution in [1.29, 1.82) is 0 Å². The molecule has 4 nitrogen and oxygen atoms in total. The number of hydrogen-bond acceptors (Lipinski definition) is 4. The number of thiazole rings is 1. The average molecular weight is 289 g/mol. The van der Waals surface area contributed by atoms with Gasteiger partial charge in [-0.25, -0.2) is 4.98 Å². The van der Waals surface area contributed by atoms with Gasteiger partial charge < -0.3 is 11.1 Å². The first-order valence-corrected chi connectivity index (χ1v) is 7.64. The monoisotopic (exact) mass is 289 g/mol. The molecule has 0 radical (unpaired) electrons. The number of aromatic nitrogens is 1. The van der Waals surface area contributed by atoms with Gasteiger partial charge in [0.05, 0.1) is 12.1 Å². The van der Waals surface area contributed by atoms with E-state index in [0.29, 0.717) is 6.42 Å². The lowest BCUT2D eigenvalue weighted by atomic mass is 10.2. The second-order valence-electron chi connectivity index (χ2n) is 4.65. The molecular weight excluding hydrogens is 270 g/mol. The zero-order chi connectivity index (χ0) is 14.4. The van der Waals surface area contributed by atoms with E-state index in [1.54, 1.807) is 0 Å². The minimum Gasteiger partial charge on any atom is -0.399 e. The third-order valence-electron chi connectivity index (χ3n) is 2.88. The van der Waals surface area contributed by atoms with Crippen LogP contribution in [0.4, 0.5) is 5.69 Å². The van der Waals surface area contributed by atoms with Crippen molar-refractivity contribution in [2.75, 3.05) is 12.3 Å². The molecule has 5 heteroatoms. The first-order chi connectivity index (χ1) is 9.69. The van der Waals surface area contributed by atoms with Crippen LogP contribution in [0.5, 0.6) is 0 Å². The van der Waals surface area contributed by atoms with Crippen LogP contribution in [-0.4, -0.2) is 17.4 Å². The molecule has 0 atom stereocenters. The van der Waals surface area contributed by atoms with Crippen LogP contribution in [0.2, 0.25) is 0 Å². The Bertz CT molecular complexity index is 580. The molecule has 1 aromatic heterocycles. The minimum absolute atomic E-state index is 0.0304. The van der Waals surface area contributed by atoms with E-state index >= 15 is 0 Å². The van der Waals surface area contributed by atoms with Gasteiger partial charge in [-0.2, -0.15) is 0 Å². The second-order valence-corrected chi connectivity index (χ2v) is 5.51. The Morgan fingerprint density at radius 1 is 1.45 bits per heavy atom. The summed E-state index contributed by atoms with van der Waals surface area (Å²) in [7, 11) is 0. The Labute approximate surface area is 123 Å². The SMILES string of the molecule is CCCCNC(=O)Cc1csc(-c2cccc(N)c2)n1. The summed E-state index contributed by atoms with van der Waals surface area (Å²) in [6, 6.07) is 7.62. The third kappa shape index (κ3) is 4.06. The molecule has 0 bridgehead atoms. The highest BCUT2D eigenvalue weighted by Gasteiger charge is 2.08. The standard InChI is InChI=1S/C15H19N3OS/c1-2-3-7-17-14(19)9-13-10-20-15(18-13)11-5-4-6-12(16)8-11/h4-6,8,10H,2-3,7,9,16H2,1H3,(H,17,19). The van der Waals surface area contributed by atoms with Crippen LogP contribution in [0.25, 0.3) is 10.6 Å². The number of rotatable bonds is 6. The molecule has 0 aliphatic heterocycles. The number of nitrogens with one attached hydrogen (secondary N) is 1. The Morgan fingerprint density at radius 3 is 3.05 bits per heavy atom. The lowest BCUT2D eigenvalue weighted by molar-refractivity contribution is -0.120. The quantitative estimate of drug-likeness (QED) is 0.634. The van der Waals surface area contributed by atoms with E-state index in [1.807, 2.05) is 29.6 Å². The van der Waals surface area contributed by atoms with Crippen LogP contribution < -0.4 is 11.1 Å². The summed E-state index contributed by atoms with van der Waals surface area (Å²) in [5.41, 5.74) is 8.28. The number of carbonyl (C=O) groups is 1. The van der Waals surface area contributed by atoms with E-state index < -0.39 is 0 Å². The van der Waals surface area contributed by atoms with Crippen molar-refractivity contribution in [2.24, 2.45) is 0 Å². The fourth-order valence-electron chi connectivity index (χ4n) is 1.82. The summed E-state index contributed by atoms with van der Waals surface area (Å²) >= 11 is 1.54.